The van der Waals surface area contributed by atoms with Gasteiger partial charge in [-0.25, -0.2) is 0 Å². The van der Waals surface area contributed by atoms with E-state index in [4.69, 9.17) is 10.4 Å². The summed E-state index contributed by atoms with van der Waals surface area (Å²) in [4.78, 5) is 1.83. The fourth-order valence-corrected chi connectivity index (χ4v) is 1.30. The number of likely N-dealkylation sites (tertiary alicyclic amines) is 1. The van der Waals surface area contributed by atoms with Crippen molar-refractivity contribution in [3.8, 4) is 6.07 Å². The smallest absolute Gasteiger partial charge is 0.102 e. The quantitative estimate of drug-likeness (QED) is 0.500. The van der Waals surface area contributed by atoms with Crippen LogP contribution in [-0.4, -0.2) is 47.0 Å². The van der Waals surface area contributed by atoms with Crippen LogP contribution >= 0.6 is 0 Å². The van der Waals surface area contributed by atoms with Gasteiger partial charge in [0.1, 0.15) is 5.60 Å². The van der Waals surface area contributed by atoms with Crippen LogP contribution in [0.4, 0.5) is 0 Å². The molecule has 0 aromatic carbocycles. The van der Waals surface area contributed by atoms with Gasteiger partial charge >= 0.3 is 0 Å². The molecule has 0 aromatic rings. The molecule has 4 nitrogen and oxygen atoms in total. The Balaban J connectivity index is 2.41. The average Bonchev–Trinajstić information content (AvgIpc) is 2.35. The lowest BCUT2D eigenvalue weighted by Gasteiger charge is -2.18. The van der Waals surface area contributed by atoms with Crippen LogP contribution in [0.15, 0.2) is 0 Å². The summed E-state index contributed by atoms with van der Waals surface area (Å²) in [6.07, 6.45) is 0.561. The van der Waals surface area contributed by atoms with Crippen LogP contribution in [0.5, 0.6) is 0 Å². The second-order valence-electron chi connectivity index (χ2n) is 3.00. The molecule has 0 spiro atoms. The van der Waals surface area contributed by atoms with Crippen molar-refractivity contribution < 1.29 is 10.2 Å². The molecule has 0 aliphatic carbocycles. The van der Waals surface area contributed by atoms with Gasteiger partial charge in [-0.3, -0.25) is 4.90 Å². The highest BCUT2D eigenvalue weighted by Gasteiger charge is 2.34. The lowest BCUT2D eigenvalue weighted by atomic mass is 10.1. The Labute approximate surface area is 65.7 Å². The molecule has 1 fully saturated rings. The maximum Gasteiger partial charge on any atom is 0.102 e. The van der Waals surface area contributed by atoms with E-state index in [2.05, 4.69) is 0 Å². The molecular weight excluding hydrogens is 144 g/mol. The van der Waals surface area contributed by atoms with Gasteiger partial charge in [0, 0.05) is 13.1 Å². The maximum absolute atomic E-state index is 9.50. The Morgan fingerprint density at radius 2 is 2.36 bits per heavy atom. The van der Waals surface area contributed by atoms with Gasteiger partial charge in [-0.2, -0.15) is 5.26 Å². The molecule has 1 unspecified atom stereocenters. The zero-order valence-corrected chi connectivity index (χ0v) is 6.32. The van der Waals surface area contributed by atoms with Crippen LogP contribution in [0.1, 0.15) is 6.42 Å². The van der Waals surface area contributed by atoms with Crippen LogP contribution in [0, 0.1) is 11.3 Å². The van der Waals surface area contributed by atoms with Crippen molar-refractivity contribution in [1.29, 1.82) is 5.26 Å². The zero-order valence-electron chi connectivity index (χ0n) is 6.32. The molecule has 2 N–H and O–H groups in total. The Morgan fingerprint density at radius 3 is 2.82 bits per heavy atom. The summed E-state index contributed by atoms with van der Waals surface area (Å²) < 4.78 is 0. The molecule has 1 aliphatic rings. The molecule has 1 atom stereocenters. The van der Waals surface area contributed by atoms with Gasteiger partial charge in [-0.05, 0) is 6.42 Å². The van der Waals surface area contributed by atoms with Crippen molar-refractivity contribution in [2.24, 2.45) is 0 Å². The lowest BCUT2D eigenvalue weighted by Crippen LogP contribution is -2.36. The summed E-state index contributed by atoms with van der Waals surface area (Å²) >= 11 is 0. The van der Waals surface area contributed by atoms with Gasteiger partial charge in [0.2, 0.25) is 0 Å². The standard InChI is InChI=1S/C7H12N2O2/c8-2-4-9-3-1-7(11,5-9)6-10/h10-11H,1,3-6H2. The summed E-state index contributed by atoms with van der Waals surface area (Å²) in [6, 6.07) is 2.00. The number of hydrogen-bond donors (Lipinski definition) is 2. The summed E-state index contributed by atoms with van der Waals surface area (Å²) in [5.41, 5.74) is -0.961. The Bertz CT molecular complexity index is 178. The predicted molar refractivity (Wildman–Crippen MR) is 38.7 cm³/mol. The molecule has 1 heterocycles. The van der Waals surface area contributed by atoms with E-state index in [0.29, 0.717) is 26.1 Å². The van der Waals surface area contributed by atoms with E-state index in [1.165, 1.54) is 0 Å². The highest BCUT2D eigenvalue weighted by atomic mass is 16.3. The maximum atomic E-state index is 9.50. The number of hydrogen-bond acceptors (Lipinski definition) is 4. The number of aliphatic hydroxyl groups excluding tert-OH is 1. The summed E-state index contributed by atoms with van der Waals surface area (Å²) in [5.74, 6) is 0. The summed E-state index contributed by atoms with van der Waals surface area (Å²) in [6.45, 7) is 1.24. The van der Waals surface area contributed by atoms with Crippen molar-refractivity contribution in [3.63, 3.8) is 0 Å². The van der Waals surface area contributed by atoms with Crippen LogP contribution in [0.2, 0.25) is 0 Å². The molecule has 11 heavy (non-hydrogen) atoms. The lowest BCUT2D eigenvalue weighted by molar-refractivity contribution is -0.00440. The van der Waals surface area contributed by atoms with E-state index < -0.39 is 5.60 Å². The first-order valence-corrected chi connectivity index (χ1v) is 3.63. The highest BCUT2D eigenvalue weighted by molar-refractivity contribution is 4.92. The van der Waals surface area contributed by atoms with E-state index >= 15 is 0 Å². The molecule has 1 rings (SSSR count). The van der Waals surface area contributed by atoms with Crippen molar-refractivity contribution in [2.75, 3.05) is 26.2 Å². The number of β-amino-alcohol motifs (C(OH)–C–C–N with tert-alkyl or cyclic N) is 1. The largest absolute Gasteiger partial charge is 0.393 e. The minimum Gasteiger partial charge on any atom is -0.393 e. The van der Waals surface area contributed by atoms with Crippen molar-refractivity contribution >= 4 is 0 Å². The first kappa shape index (κ1) is 8.47. The van der Waals surface area contributed by atoms with Crippen LogP contribution < -0.4 is 0 Å². The fraction of sp³-hybridized carbons (Fsp3) is 0.857. The predicted octanol–water partition coefficient (Wildman–Crippen LogP) is -1.06. The van der Waals surface area contributed by atoms with Gasteiger partial charge in [-0.1, -0.05) is 0 Å². The van der Waals surface area contributed by atoms with Gasteiger partial charge in [0.05, 0.1) is 19.2 Å². The molecule has 0 aromatic heterocycles. The van der Waals surface area contributed by atoms with Gasteiger partial charge in [0.15, 0.2) is 0 Å². The number of nitriles is 1. The van der Waals surface area contributed by atoms with E-state index in [9.17, 15) is 5.11 Å². The summed E-state index contributed by atoms with van der Waals surface area (Å²) in [7, 11) is 0. The fourth-order valence-electron chi connectivity index (χ4n) is 1.30. The zero-order chi connectivity index (χ0) is 8.32. The Hall–Kier alpha value is -0.630. The van der Waals surface area contributed by atoms with Gasteiger partial charge < -0.3 is 10.2 Å². The highest BCUT2D eigenvalue weighted by Crippen LogP contribution is 2.19. The van der Waals surface area contributed by atoms with Gasteiger partial charge in [-0.15, -0.1) is 0 Å². The first-order valence-electron chi connectivity index (χ1n) is 3.63. The topological polar surface area (TPSA) is 67.5 Å². The second-order valence-corrected chi connectivity index (χ2v) is 3.00. The Morgan fingerprint density at radius 1 is 1.64 bits per heavy atom. The minimum absolute atomic E-state index is 0.213. The molecule has 0 bridgehead atoms. The van der Waals surface area contributed by atoms with Crippen molar-refractivity contribution in [3.05, 3.63) is 0 Å². The SMILES string of the molecule is N#CCN1CCC(O)(CO)C1. The monoisotopic (exact) mass is 156 g/mol. The van der Waals surface area contributed by atoms with E-state index in [1.807, 2.05) is 11.0 Å². The Kier molecular flexibility index (Phi) is 2.45. The van der Waals surface area contributed by atoms with Gasteiger partial charge in [0.25, 0.3) is 0 Å². The molecular formula is C7H12N2O2. The molecule has 0 radical (unpaired) electrons. The minimum atomic E-state index is -0.961. The average molecular weight is 156 g/mol. The van der Waals surface area contributed by atoms with Crippen molar-refractivity contribution in [1.82, 2.24) is 4.90 Å². The van der Waals surface area contributed by atoms with Crippen LogP contribution in [0.3, 0.4) is 0 Å². The molecule has 0 saturated carbocycles. The van der Waals surface area contributed by atoms with E-state index in [-0.39, 0.29) is 6.61 Å². The number of rotatable bonds is 2. The molecule has 0 amide bonds. The third kappa shape index (κ3) is 1.90. The first-order chi connectivity index (χ1) is 5.20. The second kappa shape index (κ2) is 3.18. The van der Waals surface area contributed by atoms with Crippen molar-refractivity contribution in [2.45, 2.75) is 12.0 Å². The molecule has 62 valence electrons. The third-order valence-corrected chi connectivity index (χ3v) is 2.00. The van der Waals surface area contributed by atoms with E-state index in [1.54, 1.807) is 0 Å². The van der Waals surface area contributed by atoms with Crippen LogP contribution in [-0.2, 0) is 0 Å². The molecule has 1 saturated heterocycles. The van der Waals surface area contributed by atoms with Crippen LogP contribution in [0.25, 0.3) is 0 Å². The normalized spacial score (nSPS) is 32.1. The number of nitrogens with zero attached hydrogens (tertiary/aromatic N) is 2. The van der Waals surface area contributed by atoms with E-state index in [0.717, 1.165) is 0 Å². The number of aliphatic hydroxyl groups is 2. The summed E-state index contributed by atoms with van der Waals surface area (Å²) in [5, 5.41) is 26.6. The molecule has 4 heteroatoms. The molecule has 1 aliphatic heterocycles. The third-order valence-electron chi connectivity index (χ3n) is 2.00.